The number of hydrogen-bond donors (Lipinski definition) is 0. The molecule has 0 atom stereocenters. The van der Waals surface area contributed by atoms with Crippen LogP contribution in [0.5, 0.6) is 0 Å². The molecule has 6 heteroatoms. The number of nitrogens with zero attached hydrogens (tertiary/aromatic N) is 5. The second-order valence-electron chi connectivity index (χ2n) is 7.34. The van der Waals surface area contributed by atoms with E-state index in [1.807, 2.05) is 23.2 Å². The smallest absolute Gasteiger partial charge is 0.255 e. The van der Waals surface area contributed by atoms with Crippen molar-refractivity contribution in [2.45, 2.75) is 0 Å². The second-order valence-corrected chi connectivity index (χ2v) is 7.34. The third kappa shape index (κ3) is 4.06. The minimum atomic E-state index is 0.0891. The molecule has 0 spiro atoms. The lowest BCUT2D eigenvalue weighted by atomic mass is 10.2. The van der Waals surface area contributed by atoms with Gasteiger partial charge in [-0.1, -0.05) is 18.2 Å². The van der Waals surface area contributed by atoms with Gasteiger partial charge in [0.05, 0.1) is 17.4 Å². The monoisotopic (exact) mass is 365 g/mol. The molecular weight excluding hydrogens is 338 g/mol. The van der Waals surface area contributed by atoms with Crippen molar-refractivity contribution in [1.29, 1.82) is 0 Å². The zero-order valence-corrected chi connectivity index (χ0v) is 15.9. The van der Waals surface area contributed by atoms with Crippen molar-refractivity contribution in [3.8, 4) is 0 Å². The number of benzene rings is 1. The van der Waals surface area contributed by atoms with Crippen LogP contribution in [0.25, 0.3) is 0 Å². The van der Waals surface area contributed by atoms with Crippen molar-refractivity contribution in [3.63, 3.8) is 0 Å². The summed E-state index contributed by atoms with van der Waals surface area (Å²) in [7, 11) is 2.14. The van der Waals surface area contributed by atoms with Gasteiger partial charge in [0.2, 0.25) is 0 Å². The lowest BCUT2D eigenvalue weighted by Crippen LogP contribution is -2.49. The highest BCUT2D eigenvalue weighted by Crippen LogP contribution is 2.20. The molecule has 0 unspecified atom stereocenters. The average Bonchev–Trinajstić information content (AvgIpc) is 2.75. The summed E-state index contributed by atoms with van der Waals surface area (Å²) in [5, 5.41) is 0. The maximum absolute atomic E-state index is 13.0. The van der Waals surface area contributed by atoms with Crippen LogP contribution in [0.2, 0.25) is 0 Å². The van der Waals surface area contributed by atoms with E-state index in [9.17, 15) is 4.79 Å². The van der Waals surface area contributed by atoms with Crippen molar-refractivity contribution in [2.75, 3.05) is 69.2 Å². The first-order chi connectivity index (χ1) is 13.2. The van der Waals surface area contributed by atoms with Crippen molar-refractivity contribution < 1.29 is 4.79 Å². The van der Waals surface area contributed by atoms with Crippen molar-refractivity contribution in [1.82, 2.24) is 14.8 Å². The Morgan fingerprint density at radius 2 is 1.44 bits per heavy atom. The molecule has 3 heterocycles. The molecule has 4 rings (SSSR count). The number of anilines is 2. The van der Waals surface area contributed by atoms with Crippen LogP contribution in [-0.2, 0) is 0 Å². The first-order valence-corrected chi connectivity index (χ1v) is 9.68. The van der Waals surface area contributed by atoms with E-state index in [0.717, 1.165) is 58.0 Å². The third-order valence-corrected chi connectivity index (χ3v) is 5.53. The van der Waals surface area contributed by atoms with E-state index in [2.05, 4.69) is 51.0 Å². The molecule has 2 aromatic rings. The molecule has 2 fully saturated rings. The SMILES string of the molecule is CN1CCN(c2cncc(C(=O)N3CCN(c4ccccc4)CC3)c2)CC1. The van der Waals surface area contributed by atoms with Crippen molar-refractivity contribution in [3.05, 3.63) is 54.4 Å². The number of carbonyl (C=O) groups is 1. The van der Waals surface area contributed by atoms with Gasteiger partial charge < -0.3 is 19.6 Å². The molecule has 142 valence electrons. The average molecular weight is 365 g/mol. The maximum Gasteiger partial charge on any atom is 0.255 e. The summed E-state index contributed by atoms with van der Waals surface area (Å²) in [4.78, 5) is 26.2. The summed E-state index contributed by atoms with van der Waals surface area (Å²) < 4.78 is 0. The second kappa shape index (κ2) is 7.96. The number of hydrogen-bond acceptors (Lipinski definition) is 5. The number of piperazine rings is 2. The fraction of sp³-hybridized carbons (Fsp3) is 0.429. The van der Waals surface area contributed by atoms with Gasteiger partial charge in [-0.15, -0.1) is 0 Å². The fourth-order valence-corrected chi connectivity index (χ4v) is 3.77. The molecule has 2 aliphatic rings. The minimum absolute atomic E-state index is 0.0891. The molecule has 0 radical (unpaired) electrons. The van der Waals surface area contributed by atoms with E-state index < -0.39 is 0 Å². The predicted molar refractivity (Wildman–Crippen MR) is 109 cm³/mol. The van der Waals surface area contributed by atoms with Gasteiger partial charge in [-0.3, -0.25) is 9.78 Å². The Hall–Kier alpha value is -2.60. The molecule has 0 aliphatic carbocycles. The van der Waals surface area contributed by atoms with Gasteiger partial charge in [0.25, 0.3) is 5.91 Å². The Labute approximate surface area is 161 Å². The van der Waals surface area contributed by atoms with E-state index >= 15 is 0 Å². The van der Waals surface area contributed by atoms with Gasteiger partial charge in [-0.25, -0.2) is 0 Å². The quantitative estimate of drug-likeness (QED) is 0.830. The van der Waals surface area contributed by atoms with E-state index in [0.29, 0.717) is 5.56 Å². The Kier molecular flexibility index (Phi) is 5.25. The van der Waals surface area contributed by atoms with E-state index in [1.54, 1.807) is 6.20 Å². The molecule has 0 saturated carbocycles. The molecular formula is C21H27N5O. The Bertz CT molecular complexity index is 765. The first-order valence-electron chi connectivity index (χ1n) is 9.68. The molecule has 27 heavy (non-hydrogen) atoms. The highest BCUT2D eigenvalue weighted by molar-refractivity contribution is 5.95. The van der Waals surface area contributed by atoms with Crippen LogP contribution in [-0.4, -0.2) is 80.1 Å². The molecule has 1 amide bonds. The number of amides is 1. The number of pyridine rings is 1. The van der Waals surface area contributed by atoms with Crippen LogP contribution in [0.15, 0.2) is 48.8 Å². The summed E-state index contributed by atoms with van der Waals surface area (Å²) in [6.45, 7) is 7.25. The molecule has 1 aromatic heterocycles. The van der Waals surface area contributed by atoms with Crippen LogP contribution in [0, 0.1) is 0 Å². The lowest BCUT2D eigenvalue weighted by Gasteiger charge is -2.36. The Morgan fingerprint density at radius 1 is 0.815 bits per heavy atom. The largest absolute Gasteiger partial charge is 0.368 e. The van der Waals surface area contributed by atoms with Crippen LogP contribution in [0.3, 0.4) is 0 Å². The normalized spacial score (nSPS) is 18.6. The number of carbonyl (C=O) groups excluding carboxylic acids is 1. The number of para-hydroxylation sites is 1. The van der Waals surface area contributed by atoms with Gasteiger partial charge >= 0.3 is 0 Å². The molecule has 1 aromatic carbocycles. The van der Waals surface area contributed by atoms with E-state index in [1.165, 1.54) is 5.69 Å². The van der Waals surface area contributed by atoms with Gasteiger partial charge in [0.1, 0.15) is 0 Å². The molecule has 2 saturated heterocycles. The number of rotatable bonds is 3. The Balaban J connectivity index is 1.39. The Morgan fingerprint density at radius 3 is 2.15 bits per heavy atom. The van der Waals surface area contributed by atoms with E-state index in [4.69, 9.17) is 0 Å². The lowest BCUT2D eigenvalue weighted by molar-refractivity contribution is 0.0746. The van der Waals surface area contributed by atoms with Crippen molar-refractivity contribution in [2.24, 2.45) is 0 Å². The van der Waals surface area contributed by atoms with Crippen LogP contribution in [0.4, 0.5) is 11.4 Å². The number of likely N-dealkylation sites (N-methyl/N-ethyl adjacent to an activating group) is 1. The van der Waals surface area contributed by atoms with Gasteiger partial charge in [0.15, 0.2) is 0 Å². The maximum atomic E-state index is 13.0. The van der Waals surface area contributed by atoms with Crippen molar-refractivity contribution >= 4 is 17.3 Å². The van der Waals surface area contributed by atoms with Gasteiger partial charge in [-0.2, -0.15) is 0 Å². The highest BCUT2D eigenvalue weighted by Gasteiger charge is 2.23. The van der Waals surface area contributed by atoms with Crippen LogP contribution in [0.1, 0.15) is 10.4 Å². The van der Waals surface area contributed by atoms with Crippen LogP contribution < -0.4 is 9.80 Å². The molecule has 0 bridgehead atoms. The summed E-state index contributed by atoms with van der Waals surface area (Å²) in [5.41, 5.74) is 2.97. The first kappa shape index (κ1) is 17.8. The summed E-state index contributed by atoms with van der Waals surface area (Å²) >= 11 is 0. The van der Waals surface area contributed by atoms with Gasteiger partial charge in [0, 0.05) is 64.2 Å². The predicted octanol–water partition coefficient (Wildman–Crippen LogP) is 1.80. The zero-order chi connectivity index (χ0) is 18.6. The van der Waals surface area contributed by atoms with Gasteiger partial charge in [-0.05, 0) is 25.2 Å². The molecule has 6 nitrogen and oxygen atoms in total. The summed E-state index contributed by atoms with van der Waals surface area (Å²) in [6.07, 6.45) is 3.57. The summed E-state index contributed by atoms with van der Waals surface area (Å²) in [5.74, 6) is 0.0891. The third-order valence-electron chi connectivity index (χ3n) is 5.53. The molecule has 0 N–H and O–H groups in total. The zero-order valence-electron chi connectivity index (χ0n) is 15.9. The number of aromatic nitrogens is 1. The molecule has 2 aliphatic heterocycles. The fourth-order valence-electron chi connectivity index (χ4n) is 3.77. The topological polar surface area (TPSA) is 42.9 Å². The van der Waals surface area contributed by atoms with Crippen LogP contribution >= 0.6 is 0 Å². The van der Waals surface area contributed by atoms with E-state index in [-0.39, 0.29) is 5.91 Å². The standard InChI is InChI=1S/C21H27N5O/c1-23-7-9-25(10-8-23)20-15-18(16-22-17-20)21(27)26-13-11-24(12-14-26)19-5-3-2-4-6-19/h2-6,15-17H,7-14H2,1H3. The highest BCUT2D eigenvalue weighted by atomic mass is 16.2. The summed E-state index contributed by atoms with van der Waals surface area (Å²) in [6, 6.07) is 12.4. The minimum Gasteiger partial charge on any atom is -0.368 e.